The number of ether oxygens (including phenoxy) is 2. The van der Waals surface area contributed by atoms with Gasteiger partial charge in [0.25, 0.3) is 0 Å². The largest absolute Gasteiger partial charge is 0.443 e. The fourth-order valence-corrected chi connectivity index (χ4v) is 6.09. The van der Waals surface area contributed by atoms with E-state index >= 15 is 0 Å². The zero-order valence-electron chi connectivity index (χ0n) is 16.4. The monoisotopic (exact) mass is 410 g/mol. The summed E-state index contributed by atoms with van der Waals surface area (Å²) >= 11 is 0. The summed E-state index contributed by atoms with van der Waals surface area (Å²) in [4.78, 5) is 12.7. The second-order valence-corrected chi connectivity index (χ2v) is 8.81. The lowest BCUT2D eigenvalue weighted by molar-refractivity contribution is -0.0425. The number of carbonyl (C=O) groups is 1. The molecule has 2 aliphatic heterocycles. The summed E-state index contributed by atoms with van der Waals surface area (Å²) in [7, 11) is -3.43. The third kappa shape index (κ3) is 4.30. The van der Waals surface area contributed by atoms with Gasteiger partial charge in [-0.3, -0.25) is 4.57 Å². The van der Waals surface area contributed by atoms with Gasteiger partial charge in [-0.05, 0) is 32.8 Å². The normalized spacial score (nSPS) is 24.6. The quantitative estimate of drug-likeness (QED) is 0.631. The van der Waals surface area contributed by atoms with Crippen LogP contribution in [0.2, 0.25) is 0 Å². The van der Waals surface area contributed by atoms with Crippen LogP contribution in [0.3, 0.4) is 0 Å². The maximum atomic E-state index is 13.4. The van der Waals surface area contributed by atoms with Gasteiger partial charge in [0.1, 0.15) is 12.3 Å². The number of fused-ring (bicyclic) bond motifs is 1. The molecule has 28 heavy (non-hydrogen) atoms. The minimum Gasteiger partial charge on any atom is -0.443 e. The summed E-state index contributed by atoms with van der Waals surface area (Å²) in [5, 5.41) is 5.58. The Kier molecular flexibility index (Phi) is 6.88. The Morgan fingerprint density at radius 1 is 1.25 bits per heavy atom. The smallest absolute Gasteiger partial charge is 0.433 e. The first-order chi connectivity index (χ1) is 13.5. The lowest BCUT2D eigenvalue weighted by atomic mass is 9.97. The number of carbonyl (C=O) groups excluding carboxylic acids is 1. The van der Waals surface area contributed by atoms with Crippen LogP contribution < -0.4 is 0 Å². The van der Waals surface area contributed by atoms with Gasteiger partial charge >= 0.3 is 13.7 Å². The van der Waals surface area contributed by atoms with Gasteiger partial charge in [-0.2, -0.15) is 10.1 Å². The average Bonchev–Trinajstić information content (AvgIpc) is 3.15. The van der Waals surface area contributed by atoms with Crippen molar-refractivity contribution >= 4 is 19.4 Å². The number of nitrogens with zero attached hydrogens (tertiary/aromatic N) is 2. The van der Waals surface area contributed by atoms with E-state index in [-0.39, 0.29) is 25.7 Å². The number of benzene rings is 1. The predicted octanol–water partition coefficient (Wildman–Crippen LogP) is 4.01. The zero-order valence-corrected chi connectivity index (χ0v) is 17.3. The van der Waals surface area contributed by atoms with Crippen LogP contribution in [0.15, 0.2) is 35.4 Å². The van der Waals surface area contributed by atoms with E-state index in [1.54, 1.807) is 20.8 Å². The van der Waals surface area contributed by atoms with Crippen molar-refractivity contribution in [3.05, 3.63) is 35.9 Å². The van der Waals surface area contributed by atoms with Crippen LogP contribution in [-0.4, -0.2) is 48.5 Å². The molecule has 1 amide bonds. The molecule has 0 aliphatic carbocycles. The molecule has 8 nitrogen and oxygen atoms in total. The summed E-state index contributed by atoms with van der Waals surface area (Å²) in [5.41, 5.74) is 0.860. The molecule has 0 spiro atoms. The van der Waals surface area contributed by atoms with E-state index in [0.29, 0.717) is 18.7 Å². The Labute approximate surface area is 165 Å². The predicted molar refractivity (Wildman–Crippen MR) is 104 cm³/mol. The molecule has 2 heterocycles. The zero-order chi connectivity index (χ0) is 20.1. The van der Waals surface area contributed by atoms with Gasteiger partial charge in [0.05, 0.1) is 18.9 Å². The average molecular weight is 410 g/mol. The van der Waals surface area contributed by atoms with Gasteiger partial charge < -0.3 is 18.5 Å². The van der Waals surface area contributed by atoms with Crippen LogP contribution in [0.5, 0.6) is 0 Å². The van der Waals surface area contributed by atoms with Crippen molar-refractivity contribution in [2.45, 2.75) is 45.7 Å². The highest BCUT2D eigenvalue weighted by atomic mass is 31.2. The van der Waals surface area contributed by atoms with Crippen LogP contribution in [-0.2, 0) is 29.7 Å². The highest BCUT2D eigenvalue weighted by Crippen LogP contribution is 2.59. The minimum atomic E-state index is -3.43. The van der Waals surface area contributed by atoms with E-state index in [1.807, 2.05) is 30.3 Å². The second kappa shape index (κ2) is 9.18. The van der Waals surface area contributed by atoms with E-state index in [1.165, 1.54) is 5.01 Å². The van der Waals surface area contributed by atoms with Gasteiger partial charge in [0, 0.05) is 12.5 Å². The molecule has 3 rings (SSSR count). The maximum Gasteiger partial charge on any atom is 0.433 e. The molecule has 0 aromatic heterocycles. The molecule has 1 aromatic rings. The van der Waals surface area contributed by atoms with Crippen molar-refractivity contribution in [3.63, 3.8) is 0 Å². The van der Waals surface area contributed by atoms with E-state index in [0.717, 1.165) is 5.56 Å². The van der Waals surface area contributed by atoms with E-state index in [2.05, 4.69) is 5.10 Å². The van der Waals surface area contributed by atoms with Gasteiger partial charge in [0.15, 0.2) is 6.23 Å². The minimum absolute atomic E-state index is 0.141. The van der Waals surface area contributed by atoms with Crippen molar-refractivity contribution in [3.8, 4) is 0 Å². The van der Waals surface area contributed by atoms with Crippen LogP contribution in [0.25, 0.3) is 0 Å². The molecular formula is C19H27N2O6P. The molecule has 9 heteroatoms. The lowest BCUT2D eigenvalue weighted by Gasteiger charge is -2.39. The fourth-order valence-electron chi connectivity index (χ4n) is 3.70. The number of hydrogen-bond acceptors (Lipinski definition) is 7. The van der Waals surface area contributed by atoms with E-state index in [9.17, 15) is 9.36 Å². The molecule has 3 atom stereocenters. The molecule has 0 saturated carbocycles. The van der Waals surface area contributed by atoms with Gasteiger partial charge in [-0.1, -0.05) is 30.3 Å². The fraction of sp³-hybridized carbons (Fsp3) is 0.579. The van der Waals surface area contributed by atoms with Crippen LogP contribution in [0.1, 0.15) is 32.8 Å². The Morgan fingerprint density at radius 3 is 2.57 bits per heavy atom. The van der Waals surface area contributed by atoms with Crippen LogP contribution >= 0.6 is 7.60 Å². The lowest BCUT2D eigenvalue weighted by Crippen LogP contribution is -2.50. The van der Waals surface area contributed by atoms with E-state index in [4.69, 9.17) is 18.5 Å². The molecule has 0 radical (unpaired) electrons. The highest BCUT2D eigenvalue weighted by Gasteiger charge is 2.54. The highest BCUT2D eigenvalue weighted by molar-refractivity contribution is 7.55. The summed E-state index contributed by atoms with van der Waals surface area (Å²) in [6.45, 7) is 6.40. The summed E-state index contributed by atoms with van der Waals surface area (Å²) in [6, 6.07) is 9.42. The Balaban J connectivity index is 1.80. The third-order valence-corrected chi connectivity index (χ3v) is 7.47. The first kappa shape index (κ1) is 21.0. The van der Waals surface area contributed by atoms with Crippen molar-refractivity contribution in [1.82, 2.24) is 5.01 Å². The summed E-state index contributed by atoms with van der Waals surface area (Å²) in [6.07, 6.45) is -0.609. The Bertz CT molecular complexity index is 746. The van der Waals surface area contributed by atoms with Crippen LogP contribution in [0, 0.1) is 5.92 Å². The number of amides is 1. The second-order valence-electron chi connectivity index (χ2n) is 6.66. The van der Waals surface area contributed by atoms with E-state index < -0.39 is 25.6 Å². The molecular weight excluding hydrogens is 383 g/mol. The Morgan fingerprint density at radius 2 is 1.93 bits per heavy atom. The first-order valence-electron chi connectivity index (χ1n) is 9.55. The maximum absolute atomic E-state index is 13.4. The third-order valence-electron chi connectivity index (χ3n) is 4.80. The first-order valence-corrected chi connectivity index (χ1v) is 11.2. The van der Waals surface area contributed by atoms with Crippen molar-refractivity contribution in [2.24, 2.45) is 11.0 Å². The SMILES string of the molecule is CCOP(=O)(OCC)[C@H]1C(C)=NN(C(=O)OCc2ccccc2)[C@@H]2OCC[C@@H]21. The Hall–Kier alpha value is -1.73. The molecule has 0 bridgehead atoms. The molecule has 1 fully saturated rings. The van der Waals surface area contributed by atoms with Crippen molar-refractivity contribution < 1.29 is 27.9 Å². The van der Waals surface area contributed by atoms with Gasteiger partial charge in [-0.15, -0.1) is 0 Å². The van der Waals surface area contributed by atoms with Crippen molar-refractivity contribution in [2.75, 3.05) is 19.8 Å². The number of hydrazone groups is 1. The van der Waals surface area contributed by atoms with Gasteiger partial charge in [0.2, 0.25) is 0 Å². The molecule has 2 aliphatic rings. The topological polar surface area (TPSA) is 86.7 Å². The van der Waals surface area contributed by atoms with Gasteiger partial charge in [-0.25, -0.2) is 4.79 Å². The summed E-state index contributed by atoms with van der Waals surface area (Å²) < 4.78 is 35.7. The molecule has 1 aromatic carbocycles. The standard InChI is InChI=1S/C19H27N2O6P/c1-4-26-28(23,27-5-2)17-14(3)20-21(18-16(17)11-12-24-18)19(22)25-13-15-9-7-6-8-10-15/h6-10,16-18H,4-5,11-13H2,1-3H3/t16-,17+,18-/m1/s1. The molecule has 154 valence electrons. The molecule has 0 N–H and O–H groups in total. The summed E-state index contributed by atoms with van der Waals surface area (Å²) in [5.74, 6) is -0.231. The molecule has 0 unspecified atom stereocenters. The number of hydrogen-bond donors (Lipinski definition) is 0. The number of rotatable bonds is 7. The molecule has 1 saturated heterocycles. The van der Waals surface area contributed by atoms with Crippen molar-refractivity contribution in [1.29, 1.82) is 0 Å². The van der Waals surface area contributed by atoms with Crippen LogP contribution in [0.4, 0.5) is 4.79 Å².